The number of benzene rings is 1. The number of esters is 2. The van der Waals surface area contributed by atoms with Gasteiger partial charge in [0.1, 0.15) is 0 Å². The second-order valence-electron chi connectivity index (χ2n) is 5.68. The number of hydrogen-bond donors (Lipinski definition) is 0. The van der Waals surface area contributed by atoms with E-state index in [9.17, 15) is 9.59 Å². The Morgan fingerprint density at radius 3 is 1.93 bits per heavy atom. The molecule has 0 saturated heterocycles. The number of rotatable bonds is 9. The van der Waals surface area contributed by atoms with Crippen molar-refractivity contribution in [3.05, 3.63) is 47.0 Å². The zero-order valence-corrected chi connectivity index (χ0v) is 18.3. The molecule has 0 heterocycles. The first-order chi connectivity index (χ1) is 13.0. The lowest BCUT2D eigenvalue weighted by Gasteiger charge is -2.10. The van der Waals surface area contributed by atoms with Crippen LogP contribution < -0.4 is 0 Å². The van der Waals surface area contributed by atoms with Crippen molar-refractivity contribution in [1.29, 1.82) is 0 Å². The molecule has 0 radical (unpaired) electrons. The van der Waals surface area contributed by atoms with Gasteiger partial charge in [0.05, 0.1) is 18.8 Å². The molecule has 1 rings (SSSR count). The lowest BCUT2D eigenvalue weighted by atomic mass is 10.0. The third-order valence-corrected chi connectivity index (χ3v) is 3.71. The molecule has 1 aromatic rings. The molecule has 4 heteroatoms. The summed E-state index contributed by atoms with van der Waals surface area (Å²) in [5, 5.41) is 0. The largest absolute Gasteiger partial charge is 0.463 e. The fourth-order valence-electron chi connectivity index (χ4n) is 2.28. The van der Waals surface area contributed by atoms with Crippen molar-refractivity contribution < 1.29 is 19.1 Å². The Morgan fingerprint density at radius 1 is 0.889 bits per heavy atom. The van der Waals surface area contributed by atoms with Gasteiger partial charge in [0.2, 0.25) is 0 Å². The Kier molecular flexibility index (Phi) is 17.4. The molecule has 0 saturated carbocycles. The van der Waals surface area contributed by atoms with Gasteiger partial charge in [0.25, 0.3) is 0 Å². The highest BCUT2D eigenvalue weighted by molar-refractivity contribution is 5.91. The third kappa shape index (κ3) is 12.0. The maximum Gasteiger partial charge on any atom is 0.338 e. The van der Waals surface area contributed by atoms with Crippen molar-refractivity contribution in [2.24, 2.45) is 0 Å². The summed E-state index contributed by atoms with van der Waals surface area (Å²) < 4.78 is 10.2. The molecule has 0 aliphatic heterocycles. The van der Waals surface area contributed by atoms with Gasteiger partial charge in [-0.05, 0) is 69.2 Å². The van der Waals surface area contributed by atoms with Crippen molar-refractivity contribution in [1.82, 2.24) is 0 Å². The van der Waals surface area contributed by atoms with Crippen LogP contribution >= 0.6 is 0 Å². The van der Waals surface area contributed by atoms with Crippen molar-refractivity contribution in [2.45, 2.75) is 74.1 Å². The quantitative estimate of drug-likeness (QED) is 0.295. The van der Waals surface area contributed by atoms with Crippen molar-refractivity contribution in [3.63, 3.8) is 0 Å². The van der Waals surface area contributed by atoms with Crippen LogP contribution in [0, 0.1) is 20.8 Å². The van der Waals surface area contributed by atoms with Crippen LogP contribution in [0.25, 0.3) is 0 Å². The van der Waals surface area contributed by atoms with E-state index in [1.54, 1.807) is 0 Å². The van der Waals surface area contributed by atoms with Crippen LogP contribution in [0.15, 0.2) is 24.8 Å². The number of aryl methyl sites for hydroxylation is 2. The molecule has 1 aromatic carbocycles. The molecule has 0 aliphatic carbocycles. The minimum absolute atomic E-state index is 0.255. The van der Waals surface area contributed by atoms with Crippen LogP contribution in [0.1, 0.15) is 80.4 Å². The predicted octanol–water partition coefficient (Wildman–Crippen LogP) is 6.11. The van der Waals surface area contributed by atoms with Crippen molar-refractivity contribution in [3.8, 4) is 0 Å². The Morgan fingerprint density at radius 2 is 1.41 bits per heavy atom. The maximum atomic E-state index is 12.1. The monoisotopic (exact) mass is 378 g/mol. The van der Waals surface area contributed by atoms with E-state index < -0.39 is 0 Å². The van der Waals surface area contributed by atoms with Crippen LogP contribution in [0.2, 0.25) is 0 Å². The van der Waals surface area contributed by atoms with Crippen LogP contribution in [-0.2, 0) is 14.3 Å². The molecule has 0 unspecified atom stereocenters. The highest BCUT2D eigenvalue weighted by Crippen LogP contribution is 2.17. The minimum Gasteiger partial charge on any atom is -0.463 e. The lowest BCUT2D eigenvalue weighted by molar-refractivity contribution is -0.137. The number of carbonyl (C=O) groups is 2. The van der Waals surface area contributed by atoms with Crippen LogP contribution in [0.5, 0.6) is 0 Å². The Hall–Kier alpha value is -2.10. The van der Waals surface area contributed by atoms with Gasteiger partial charge >= 0.3 is 11.9 Å². The molecular weight excluding hydrogens is 340 g/mol. The summed E-state index contributed by atoms with van der Waals surface area (Å²) in [4.78, 5) is 23.0. The molecule has 0 aliphatic rings. The highest BCUT2D eigenvalue weighted by atomic mass is 16.5. The molecule has 0 N–H and O–H groups in total. The van der Waals surface area contributed by atoms with E-state index in [0.717, 1.165) is 48.4 Å². The van der Waals surface area contributed by atoms with E-state index in [-0.39, 0.29) is 11.9 Å². The fraction of sp³-hybridized carbons (Fsp3) is 0.565. The SMILES string of the molecule is C=CC(=O)OCCCCCCOC(=O)c1cc(C)cc(C)c1C.CC.CC. The highest BCUT2D eigenvalue weighted by Gasteiger charge is 2.12. The van der Waals surface area contributed by atoms with Gasteiger partial charge in [-0.2, -0.15) is 0 Å². The van der Waals surface area contributed by atoms with Gasteiger partial charge in [-0.15, -0.1) is 0 Å². The summed E-state index contributed by atoms with van der Waals surface area (Å²) in [5.41, 5.74) is 3.80. The molecule has 4 nitrogen and oxygen atoms in total. The Labute approximate surface area is 166 Å². The zero-order chi connectivity index (χ0) is 21.2. The average Bonchev–Trinajstić information content (AvgIpc) is 2.69. The van der Waals surface area contributed by atoms with Gasteiger partial charge < -0.3 is 9.47 Å². The molecule has 0 fully saturated rings. The van der Waals surface area contributed by atoms with E-state index >= 15 is 0 Å². The molecular formula is C23H38O4. The smallest absolute Gasteiger partial charge is 0.338 e. The third-order valence-electron chi connectivity index (χ3n) is 3.71. The predicted molar refractivity (Wildman–Crippen MR) is 113 cm³/mol. The zero-order valence-electron chi connectivity index (χ0n) is 18.3. The number of hydrogen-bond acceptors (Lipinski definition) is 4. The first-order valence-corrected chi connectivity index (χ1v) is 10.00. The van der Waals surface area contributed by atoms with Gasteiger partial charge in [-0.1, -0.05) is 40.3 Å². The van der Waals surface area contributed by atoms with E-state index in [4.69, 9.17) is 9.47 Å². The van der Waals surface area contributed by atoms with E-state index in [0.29, 0.717) is 18.8 Å². The summed E-state index contributed by atoms with van der Waals surface area (Å²) >= 11 is 0. The minimum atomic E-state index is -0.386. The number of unbranched alkanes of at least 4 members (excludes halogenated alkanes) is 3. The maximum absolute atomic E-state index is 12.1. The Bertz CT molecular complexity index is 562. The first kappa shape index (κ1) is 27.1. The fourth-order valence-corrected chi connectivity index (χ4v) is 2.28. The molecule has 0 atom stereocenters. The molecule has 0 spiro atoms. The van der Waals surface area contributed by atoms with Crippen LogP contribution in [0.3, 0.4) is 0 Å². The number of ether oxygens (including phenoxy) is 2. The lowest BCUT2D eigenvalue weighted by Crippen LogP contribution is -2.09. The van der Waals surface area contributed by atoms with Gasteiger partial charge in [-0.25, -0.2) is 9.59 Å². The van der Waals surface area contributed by atoms with Gasteiger partial charge in [0.15, 0.2) is 0 Å². The van der Waals surface area contributed by atoms with Crippen molar-refractivity contribution >= 4 is 11.9 Å². The summed E-state index contributed by atoms with van der Waals surface area (Å²) in [6.07, 6.45) is 4.65. The summed E-state index contributed by atoms with van der Waals surface area (Å²) in [6, 6.07) is 3.93. The normalized spacial score (nSPS) is 9.15. The Balaban J connectivity index is 0. The molecule has 0 aromatic heterocycles. The van der Waals surface area contributed by atoms with Crippen LogP contribution in [0.4, 0.5) is 0 Å². The molecule has 0 amide bonds. The van der Waals surface area contributed by atoms with Gasteiger partial charge in [0, 0.05) is 6.08 Å². The second kappa shape index (κ2) is 17.3. The average molecular weight is 379 g/mol. The molecule has 27 heavy (non-hydrogen) atoms. The summed E-state index contributed by atoms with van der Waals surface area (Å²) in [5.74, 6) is -0.642. The first-order valence-electron chi connectivity index (χ1n) is 10.00. The number of carbonyl (C=O) groups excluding carboxylic acids is 2. The molecule has 154 valence electrons. The van der Waals surface area contributed by atoms with E-state index in [1.807, 2.05) is 54.5 Å². The van der Waals surface area contributed by atoms with E-state index in [2.05, 4.69) is 12.6 Å². The van der Waals surface area contributed by atoms with Gasteiger partial charge in [-0.3, -0.25) is 0 Å². The van der Waals surface area contributed by atoms with Crippen LogP contribution in [-0.4, -0.2) is 25.2 Å². The second-order valence-corrected chi connectivity index (χ2v) is 5.68. The molecule has 0 bridgehead atoms. The van der Waals surface area contributed by atoms with Crippen molar-refractivity contribution in [2.75, 3.05) is 13.2 Å². The standard InChI is InChI=1S/C19H26O4.2C2H6/c1-5-18(20)22-10-8-6-7-9-11-23-19(21)17-13-14(2)12-15(3)16(17)4;2*1-2/h5,12-13H,1,6-11H2,2-4H3;2*1-2H3. The topological polar surface area (TPSA) is 52.6 Å². The van der Waals surface area contributed by atoms with E-state index in [1.165, 1.54) is 0 Å². The summed E-state index contributed by atoms with van der Waals surface area (Å²) in [7, 11) is 0. The summed E-state index contributed by atoms with van der Waals surface area (Å²) in [6.45, 7) is 18.1.